The number of hydrogen-bond acceptors (Lipinski definition) is 5. The quantitative estimate of drug-likeness (QED) is 0.145. The number of aryl methyl sites for hydroxylation is 1. The number of carbonyl (C=O) groups is 2. The summed E-state index contributed by atoms with van der Waals surface area (Å²) >= 11 is 0. The average Bonchev–Trinajstić information content (AvgIpc) is 2.91. The Bertz CT molecular complexity index is 1590. The molecule has 0 saturated carbocycles. The van der Waals surface area contributed by atoms with E-state index in [1.165, 1.54) is 13.2 Å². The molecule has 0 atom stereocenters. The topological polar surface area (TPSA) is 105 Å². The number of para-hydroxylation sites is 1. The number of urea groups is 1. The van der Waals surface area contributed by atoms with Gasteiger partial charge in [-0.15, -0.1) is 0 Å². The third-order valence-corrected chi connectivity index (χ3v) is 5.99. The summed E-state index contributed by atoms with van der Waals surface area (Å²) in [5, 5.41) is 8.31. The SMILES string of the molecule is B=C(c1cc(NC(=O)Nc2ccccc2C(=O)OC)ccc1C)c1ccc(Nc2ccc(F)cc2F)cc1N. The number of halogens is 2. The Morgan fingerprint density at radius 3 is 2.28 bits per heavy atom. The molecule has 4 aromatic rings. The van der Waals surface area contributed by atoms with Crippen LogP contribution in [0.5, 0.6) is 0 Å². The summed E-state index contributed by atoms with van der Waals surface area (Å²) in [6, 6.07) is 19.7. The Balaban J connectivity index is 1.51. The predicted octanol–water partition coefficient (Wildman–Crippen LogP) is 5.50. The van der Waals surface area contributed by atoms with Crippen molar-refractivity contribution in [3.05, 3.63) is 113 Å². The summed E-state index contributed by atoms with van der Waals surface area (Å²) in [7, 11) is 5.47. The molecule has 0 aromatic heterocycles. The molecule has 4 rings (SSSR count). The molecule has 4 aromatic carbocycles. The van der Waals surface area contributed by atoms with E-state index in [0.717, 1.165) is 23.3 Å². The molecule has 0 aliphatic heterocycles. The van der Waals surface area contributed by atoms with Crippen molar-refractivity contribution in [1.29, 1.82) is 0 Å². The number of rotatable bonds is 7. The molecular formula is C29H25BF2N4O3. The normalized spacial score (nSPS) is 10.4. The number of carbonyl (C=O) groups excluding carboxylic acids is 2. The first-order valence-corrected chi connectivity index (χ1v) is 11.8. The van der Waals surface area contributed by atoms with Crippen molar-refractivity contribution in [2.24, 2.45) is 0 Å². The van der Waals surface area contributed by atoms with Gasteiger partial charge in [-0.3, -0.25) is 0 Å². The van der Waals surface area contributed by atoms with Gasteiger partial charge in [0.15, 0.2) is 0 Å². The maximum atomic E-state index is 14.0. The number of nitrogens with two attached hydrogens (primary N) is 1. The molecule has 0 bridgehead atoms. The second-order valence-corrected chi connectivity index (χ2v) is 8.68. The fraction of sp³-hybridized carbons (Fsp3) is 0.0690. The molecule has 0 saturated heterocycles. The first-order valence-electron chi connectivity index (χ1n) is 11.8. The molecule has 5 N–H and O–H groups in total. The number of methoxy groups -OCH3 is 1. The second kappa shape index (κ2) is 11.6. The maximum absolute atomic E-state index is 14.0. The van der Waals surface area contributed by atoms with Gasteiger partial charge in [0.2, 0.25) is 0 Å². The number of esters is 1. The summed E-state index contributed by atoms with van der Waals surface area (Å²) in [5.74, 6) is -1.96. The predicted molar refractivity (Wildman–Crippen MR) is 152 cm³/mol. The standard InChI is InChI=1S/C29H25BF2N4O3/c1-16-7-9-18(35-29(38)36-25-6-4-3-5-21(25)28(37)39-2)14-22(16)27(30)20-11-10-19(15-24(20)33)34-26-12-8-17(31)13-23(26)32/h3-15,30,34H,33H2,1-2H3,(H2,35,36,38). The van der Waals surface area contributed by atoms with Gasteiger partial charge in [-0.2, -0.15) is 0 Å². The van der Waals surface area contributed by atoms with E-state index in [1.54, 1.807) is 54.6 Å². The van der Waals surface area contributed by atoms with Crippen molar-refractivity contribution < 1.29 is 23.1 Å². The van der Waals surface area contributed by atoms with Crippen LogP contribution in [-0.2, 0) is 4.74 Å². The van der Waals surface area contributed by atoms with Crippen LogP contribution in [0.4, 0.5) is 42.0 Å². The zero-order valence-corrected chi connectivity index (χ0v) is 21.3. The van der Waals surface area contributed by atoms with E-state index >= 15 is 0 Å². The van der Waals surface area contributed by atoms with Crippen LogP contribution >= 0.6 is 0 Å². The fourth-order valence-electron chi connectivity index (χ4n) is 4.00. The van der Waals surface area contributed by atoms with Crippen LogP contribution in [0.3, 0.4) is 0 Å². The second-order valence-electron chi connectivity index (χ2n) is 8.68. The molecule has 0 aliphatic carbocycles. The van der Waals surface area contributed by atoms with Crippen LogP contribution in [0, 0.1) is 18.6 Å². The molecule has 0 unspecified atom stereocenters. The molecule has 10 heteroatoms. The van der Waals surface area contributed by atoms with Gasteiger partial charge in [-0.1, -0.05) is 0 Å². The Morgan fingerprint density at radius 1 is 0.821 bits per heavy atom. The Morgan fingerprint density at radius 2 is 1.56 bits per heavy atom. The Hall–Kier alpha value is -4.99. The van der Waals surface area contributed by atoms with Crippen molar-refractivity contribution in [1.82, 2.24) is 0 Å². The monoisotopic (exact) mass is 526 g/mol. The zero-order chi connectivity index (χ0) is 28.1. The number of anilines is 5. The van der Waals surface area contributed by atoms with Gasteiger partial charge >= 0.3 is 225 Å². The Kier molecular flexibility index (Phi) is 8.05. The molecule has 0 radical (unpaired) electrons. The number of ether oxygens (including phenoxy) is 1. The average molecular weight is 526 g/mol. The first kappa shape index (κ1) is 27.1. The zero-order valence-electron chi connectivity index (χ0n) is 21.3. The van der Waals surface area contributed by atoms with E-state index in [4.69, 9.17) is 10.5 Å². The third kappa shape index (κ3) is 6.30. The minimum atomic E-state index is -0.722. The van der Waals surface area contributed by atoms with E-state index in [9.17, 15) is 18.4 Å². The third-order valence-electron chi connectivity index (χ3n) is 5.99. The van der Waals surface area contributed by atoms with Crippen molar-refractivity contribution in [3.8, 4) is 0 Å². The minimum absolute atomic E-state index is 0.115. The van der Waals surface area contributed by atoms with Gasteiger partial charge in [0.25, 0.3) is 0 Å². The fourth-order valence-corrected chi connectivity index (χ4v) is 4.00. The van der Waals surface area contributed by atoms with Gasteiger partial charge < -0.3 is 0 Å². The molecule has 196 valence electrons. The molecule has 39 heavy (non-hydrogen) atoms. The molecule has 0 aliphatic rings. The number of nitrogens with one attached hydrogen (secondary N) is 3. The van der Waals surface area contributed by atoms with Crippen LogP contribution in [0.2, 0.25) is 0 Å². The van der Waals surface area contributed by atoms with Crippen LogP contribution in [-0.4, -0.2) is 32.1 Å². The van der Waals surface area contributed by atoms with Gasteiger partial charge in [0.05, 0.1) is 0 Å². The van der Waals surface area contributed by atoms with Crippen LogP contribution in [0.15, 0.2) is 78.9 Å². The van der Waals surface area contributed by atoms with Crippen LogP contribution in [0.1, 0.15) is 27.0 Å². The van der Waals surface area contributed by atoms with E-state index in [-0.39, 0.29) is 11.3 Å². The van der Waals surface area contributed by atoms with Crippen molar-refractivity contribution in [2.45, 2.75) is 6.92 Å². The number of hydrogen-bond donors (Lipinski definition) is 4. The number of nitrogen functional groups attached to an aromatic ring is 1. The van der Waals surface area contributed by atoms with Gasteiger partial charge in [0, 0.05) is 0 Å². The van der Waals surface area contributed by atoms with E-state index < -0.39 is 23.6 Å². The molecular weight excluding hydrogens is 501 g/mol. The summed E-state index contributed by atoms with van der Waals surface area (Å²) in [4.78, 5) is 24.7. The number of amides is 2. The van der Waals surface area contributed by atoms with E-state index in [1.807, 2.05) is 13.0 Å². The molecule has 2 amide bonds. The van der Waals surface area contributed by atoms with Crippen LogP contribution < -0.4 is 21.7 Å². The van der Waals surface area contributed by atoms with Gasteiger partial charge in [0.1, 0.15) is 0 Å². The van der Waals surface area contributed by atoms with Crippen molar-refractivity contribution in [3.63, 3.8) is 0 Å². The summed E-state index contributed by atoms with van der Waals surface area (Å²) in [6.45, 7) is 1.90. The van der Waals surface area contributed by atoms with E-state index in [0.29, 0.717) is 33.8 Å². The summed E-state index contributed by atoms with van der Waals surface area (Å²) in [5.41, 5.74) is 11.3. The van der Waals surface area contributed by atoms with Gasteiger partial charge in [-0.25, -0.2) is 0 Å². The summed E-state index contributed by atoms with van der Waals surface area (Å²) in [6.07, 6.45) is 0. The first-order chi connectivity index (χ1) is 18.7. The number of benzene rings is 4. The van der Waals surface area contributed by atoms with Crippen molar-refractivity contribution >= 4 is 53.4 Å². The van der Waals surface area contributed by atoms with Gasteiger partial charge in [-0.05, 0) is 0 Å². The molecule has 0 heterocycles. The van der Waals surface area contributed by atoms with Crippen molar-refractivity contribution in [2.75, 3.05) is 28.8 Å². The molecule has 0 fully saturated rings. The van der Waals surface area contributed by atoms with E-state index in [2.05, 4.69) is 23.4 Å². The Labute approximate surface area is 225 Å². The van der Waals surface area contributed by atoms with Crippen LogP contribution in [0.25, 0.3) is 0 Å². The molecule has 0 spiro atoms. The summed E-state index contributed by atoms with van der Waals surface area (Å²) < 4.78 is 32.0. The molecule has 7 nitrogen and oxygen atoms in total.